The molecule has 0 aliphatic heterocycles. The molecule has 4 aromatic carbocycles. The van der Waals surface area contributed by atoms with Gasteiger partial charge < -0.3 is 4.74 Å². The minimum Gasteiger partial charge on any atom is -0.343 e. The van der Waals surface area contributed by atoms with Crippen molar-refractivity contribution in [2.24, 2.45) is 0 Å². The molecule has 0 saturated carbocycles. The predicted molar refractivity (Wildman–Crippen MR) is 149 cm³/mol. The van der Waals surface area contributed by atoms with Crippen LogP contribution in [0.4, 0.5) is 0 Å². The van der Waals surface area contributed by atoms with E-state index in [-0.39, 0.29) is 11.6 Å². The number of benzene rings is 4. The van der Waals surface area contributed by atoms with Gasteiger partial charge >= 0.3 is 0 Å². The highest BCUT2D eigenvalue weighted by Crippen LogP contribution is 2.45. The van der Waals surface area contributed by atoms with Gasteiger partial charge in [0.2, 0.25) is 0 Å². The van der Waals surface area contributed by atoms with E-state index in [2.05, 4.69) is 0 Å². The predicted octanol–water partition coefficient (Wildman–Crippen LogP) is 8.16. The number of carbonyl (C=O) groups is 2. The lowest BCUT2D eigenvalue weighted by Gasteiger charge is -2.43. The van der Waals surface area contributed by atoms with E-state index in [1.165, 1.54) is 0 Å². The van der Waals surface area contributed by atoms with E-state index < -0.39 is 11.2 Å². The summed E-state index contributed by atoms with van der Waals surface area (Å²) in [6, 6.07) is 37.8. The standard InChI is InChI=1S/C34H34O3/c1-3-25-33(29-21-13-7-14-22-29,31(35)27-17-9-5-10-18-27)37-34(26-4-2,30-23-15-8-16-24-30)32(36)28-19-11-6-12-20-28/h5-24H,3-4,25-26H2,1-2H3. The van der Waals surface area contributed by atoms with Crippen molar-refractivity contribution in [1.29, 1.82) is 0 Å². The van der Waals surface area contributed by atoms with Gasteiger partial charge in [-0.2, -0.15) is 0 Å². The fraction of sp³-hybridized carbons (Fsp3) is 0.235. The summed E-state index contributed by atoms with van der Waals surface area (Å²) in [5.74, 6) is -0.281. The molecule has 3 nitrogen and oxygen atoms in total. The van der Waals surface area contributed by atoms with Crippen molar-refractivity contribution in [3.8, 4) is 0 Å². The summed E-state index contributed by atoms with van der Waals surface area (Å²) in [4.78, 5) is 29.0. The molecule has 2 atom stereocenters. The lowest BCUT2D eigenvalue weighted by molar-refractivity contribution is -0.129. The third-order valence-corrected chi connectivity index (χ3v) is 6.84. The van der Waals surface area contributed by atoms with Crippen molar-refractivity contribution in [3.63, 3.8) is 0 Å². The smallest absolute Gasteiger partial charge is 0.199 e. The molecule has 37 heavy (non-hydrogen) atoms. The minimum absolute atomic E-state index is 0.140. The second kappa shape index (κ2) is 11.9. The first-order chi connectivity index (χ1) is 18.1. The molecule has 0 amide bonds. The van der Waals surface area contributed by atoms with Gasteiger partial charge in [-0.05, 0) is 24.0 Å². The Morgan fingerprint density at radius 1 is 0.514 bits per heavy atom. The lowest BCUT2D eigenvalue weighted by atomic mass is 9.77. The van der Waals surface area contributed by atoms with E-state index in [0.717, 1.165) is 11.1 Å². The van der Waals surface area contributed by atoms with E-state index >= 15 is 0 Å². The molecule has 3 heteroatoms. The van der Waals surface area contributed by atoms with E-state index in [1.54, 1.807) is 0 Å². The zero-order valence-corrected chi connectivity index (χ0v) is 21.6. The first-order valence-corrected chi connectivity index (χ1v) is 13.1. The maximum atomic E-state index is 14.5. The number of ketones is 2. The molecule has 0 saturated heterocycles. The summed E-state index contributed by atoms with van der Waals surface area (Å²) in [5, 5.41) is 0. The molecular weight excluding hydrogens is 456 g/mol. The zero-order chi connectivity index (χ0) is 26.1. The highest BCUT2D eigenvalue weighted by Gasteiger charge is 2.52. The van der Waals surface area contributed by atoms with Crippen LogP contribution in [0, 0.1) is 0 Å². The number of Topliss-reactive ketones (excluding diaryl/α,β-unsaturated/α-hetero) is 2. The molecule has 2 unspecified atom stereocenters. The van der Waals surface area contributed by atoms with Crippen molar-refractivity contribution < 1.29 is 14.3 Å². The number of hydrogen-bond acceptors (Lipinski definition) is 3. The monoisotopic (exact) mass is 490 g/mol. The summed E-state index contributed by atoms with van der Waals surface area (Å²) < 4.78 is 7.21. The van der Waals surface area contributed by atoms with Crippen LogP contribution in [0.15, 0.2) is 121 Å². The van der Waals surface area contributed by atoms with Gasteiger partial charge in [-0.1, -0.05) is 148 Å². The fourth-order valence-corrected chi connectivity index (χ4v) is 5.15. The average Bonchev–Trinajstić information content (AvgIpc) is 2.97. The van der Waals surface area contributed by atoms with Gasteiger partial charge in [0, 0.05) is 11.1 Å². The average molecular weight is 491 g/mol. The molecule has 188 valence electrons. The van der Waals surface area contributed by atoms with Crippen LogP contribution in [-0.2, 0) is 15.9 Å². The molecule has 0 aliphatic rings. The fourth-order valence-electron chi connectivity index (χ4n) is 5.15. The SMILES string of the molecule is CCCC(OC(CCC)(C(=O)c1ccccc1)c1ccccc1)(C(=O)c1ccccc1)c1ccccc1. The highest BCUT2D eigenvalue weighted by molar-refractivity contribution is 6.05. The topological polar surface area (TPSA) is 43.4 Å². The van der Waals surface area contributed by atoms with Crippen molar-refractivity contribution in [3.05, 3.63) is 144 Å². The second-order valence-corrected chi connectivity index (χ2v) is 9.38. The molecule has 0 spiro atoms. The van der Waals surface area contributed by atoms with E-state index in [4.69, 9.17) is 4.74 Å². The number of rotatable bonds is 12. The van der Waals surface area contributed by atoms with E-state index in [1.807, 2.05) is 135 Å². The lowest BCUT2D eigenvalue weighted by Crippen LogP contribution is -2.50. The normalized spacial score (nSPS) is 14.3. The number of ether oxygens (including phenoxy) is 1. The van der Waals surface area contributed by atoms with Crippen LogP contribution >= 0.6 is 0 Å². The summed E-state index contributed by atoms with van der Waals surface area (Å²) >= 11 is 0. The maximum absolute atomic E-state index is 14.5. The Hall–Kier alpha value is -3.82. The van der Waals surface area contributed by atoms with E-state index in [9.17, 15) is 9.59 Å². The Morgan fingerprint density at radius 3 is 1.11 bits per heavy atom. The Labute approximate surface area is 220 Å². The summed E-state index contributed by atoms with van der Waals surface area (Å²) in [5.41, 5.74) is -0.0820. The van der Waals surface area contributed by atoms with Gasteiger partial charge in [0.15, 0.2) is 22.8 Å². The maximum Gasteiger partial charge on any atom is 0.199 e. The third-order valence-electron chi connectivity index (χ3n) is 6.84. The quantitative estimate of drug-likeness (QED) is 0.188. The Bertz CT molecular complexity index is 1180. The van der Waals surface area contributed by atoms with Gasteiger partial charge in [0.05, 0.1) is 0 Å². The van der Waals surface area contributed by atoms with Crippen molar-refractivity contribution in [2.75, 3.05) is 0 Å². The van der Waals surface area contributed by atoms with Gasteiger partial charge in [-0.3, -0.25) is 9.59 Å². The number of carbonyl (C=O) groups excluding carboxylic acids is 2. The molecule has 0 radical (unpaired) electrons. The molecule has 0 heterocycles. The first-order valence-electron chi connectivity index (χ1n) is 13.1. The van der Waals surface area contributed by atoms with Crippen LogP contribution in [0.25, 0.3) is 0 Å². The summed E-state index contributed by atoms with van der Waals surface area (Å²) in [7, 11) is 0. The largest absolute Gasteiger partial charge is 0.343 e. The Balaban J connectivity index is 2.00. The van der Waals surface area contributed by atoms with Crippen molar-refractivity contribution in [1.82, 2.24) is 0 Å². The van der Waals surface area contributed by atoms with Crippen LogP contribution in [-0.4, -0.2) is 11.6 Å². The molecular formula is C34H34O3. The van der Waals surface area contributed by atoms with E-state index in [0.29, 0.717) is 36.8 Å². The zero-order valence-electron chi connectivity index (χ0n) is 21.6. The molecule has 4 rings (SSSR count). The van der Waals surface area contributed by atoms with Gasteiger partial charge in [-0.15, -0.1) is 0 Å². The van der Waals surface area contributed by atoms with Gasteiger partial charge in [0.1, 0.15) is 0 Å². The van der Waals surface area contributed by atoms with Crippen LogP contribution in [0.2, 0.25) is 0 Å². The molecule has 0 aromatic heterocycles. The molecule has 0 aliphatic carbocycles. The Kier molecular flexibility index (Phi) is 8.47. The van der Waals surface area contributed by atoms with Crippen molar-refractivity contribution >= 4 is 11.6 Å². The molecule has 0 fully saturated rings. The van der Waals surface area contributed by atoms with Gasteiger partial charge in [-0.25, -0.2) is 0 Å². The minimum atomic E-state index is -1.35. The van der Waals surface area contributed by atoms with Crippen molar-refractivity contribution in [2.45, 2.75) is 50.7 Å². The molecule has 4 aromatic rings. The molecule has 0 bridgehead atoms. The Morgan fingerprint density at radius 2 is 0.811 bits per heavy atom. The van der Waals surface area contributed by atoms with Crippen LogP contribution in [0.1, 0.15) is 71.4 Å². The highest BCUT2D eigenvalue weighted by atomic mass is 16.5. The van der Waals surface area contributed by atoms with Crippen LogP contribution in [0.5, 0.6) is 0 Å². The third kappa shape index (κ3) is 5.33. The van der Waals surface area contributed by atoms with Gasteiger partial charge in [0.25, 0.3) is 0 Å². The van der Waals surface area contributed by atoms with Crippen LogP contribution in [0.3, 0.4) is 0 Å². The number of hydrogen-bond donors (Lipinski definition) is 0. The molecule has 0 N–H and O–H groups in total. The second-order valence-electron chi connectivity index (χ2n) is 9.38. The summed E-state index contributed by atoms with van der Waals surface area (Å²) in [6.07, 6.45) is 2.27. The summed E-state index contributed by atoms with van der Waals surface area (Å²) in [6.45, 7) is 4.09. The van der Waals surface area contributed by atoms with Crippen LogP contribution < -0.4 is 0 Å². The first kappa shape index (κ1) is 26.2.